The first-order valence-electron chi connectivity index (χ1n) is 9.18. The molecule has 24 heavy (non-hydrogen) atoms. The lowest BCUT2D eigenvalue weighted by atomic mass is 9.82. The highest BCUT2D eigenvalue weighted by Gasteiger charge is 2.26. The van der Waals surface area contributed by atoms with Crippen LogP contribution in [0.25, 0.3) is 0 Å². The van der Waals surface area contributed by atoms with Gasteiger partial charge >= 0.3 is 5.97 Å². The van der Waals surface area contributed by atoms with Gasteiger partial charge in [-0.25, -0.2) is 0 Å². The Morgan fingerprint density at radius 3 is 2.54 bits per heavy atom. The van der Waals surface area contributed by atoms with E-state index < -0.39 is 0 Å². The summed E-state index contributed by atoms with van der Waals surface area (Å²) >= 11 is 0. The van der Waals surface area contributed by atoms with Gasteiger partial charge in [0.2, 0.25) is 0 Å². The number of methoxy groups -OCH3 is 1. The van der Waals surface area contributed by atoms with E-state index in [0.717, 1.165) is 25.9 Å². The van der Waals surface area contributed by atoms with E-state index >= 15 is 0 Å². The first kappa shape index (κ1) is 18.9. The van der Waals surface area contributed by atoms with E-state index in [1.165, 1.54) is 38.4 Å². The molecule has 0 radical (unpaired) electrons. The van der Waals surface area contributed by atoms with Crippen molar-refractivity contribution in [3.63, 3.8) is 0 Å². The molecule has 4 heteroatoms. The van der Waals surface area contributed by atoms with E-state index in [1.54, 1.807) is 0 Å². The van der Waals surface area contributed by atoms with Crippen LogP contribution in [0.4, 0.5) is 0 Å². The molecule has 0 atom stereocenters. The number of hydrogen-bond donors (Lipinski definition) is 1. The third-order valence-corrected chi connectivity index (χ3v) is 5.15. The quantitative estimate of drug-likeness (QED) is 0.704. The Hall–Kier alpha value is -1.39. The number of hydrogen-bond acceptors (Lipinski definition) is 4. The van der Waals surface area contributed by atoms with Gasteiger partial charge in [0.25, 0.3) is 0 Å². The number of rotatable bonds is 9. The molecule has 0 saturated heterocycles. The van der Waals surface area contributed by atoms with Crippen molar-refractivity contribution < 1.29 is 14.6 Å². The molecule has 0 bridgehead atoms. The number of aliphatic hydroxyl groups is 1. The molecule has 0 heterocycles. The third kappa shape index (κ3) is 6.25. The molecule has 2 rings (SSSR count). The fourth-order valence-electron chi connectivity index (χ4n) is 3.71. The van der Waals surface area contributed by atoms with Crippen molar-refractivity contribution in [3.05, 3.63) is 35.9 Å². The maximum Gasteiger partial charge on any atom is 0.305 e. The van der Waals surface area contributed by atoms with Gasteiger partial charge in [0.15, 0.2) is 0 Å². The monoisotopic (exact) mass is 333 g/mol. The van der Waals surface area contributed by atoms with Crippen LogP contribution in [0.15, 0.2) is 30.3 Å². The summed E-state index contributed by atoms with van der Waals surface area (Å²) in [6, 6.07) is 11.2. The van der Waals surface area contributed by atoms with Crippen LogP contribution >= 0.6 is 0 Å². The molecule has 1 fully saturated rings. The maximum absolute atomic E-state index is 11.3. The Morgan fingerprint density at radius 2 is 1.92 bits per heavy atom. The van der Waals surface area contributed by atoms with Crippen LogP contribution < -0.4 is 0 Å². The summed E-state index contributed by atoms with van der Waals surface area (Å²) in [7, 11) is 1.46. The highest BCUT2D eigenvalue weighted by Crippen LogP contribution is 2.31. The number of benzene rings is 1. The summed E-state index contributed by atoms with van der Waals surface area (Å²) in [5.74, 6) is 0.558. The summed E-state index contributed by atoms with van der Waals surface area (Å²) < 4.78 is 4.74. The molecule has 1 aliphatic rings. The van der Waals surface area contributed by atoms with E-state index in [1.807, 2.05) is 6.07 Å². The lowest BCUT2D eigenvalue weighted by Gasteiger charge is -2.37. The van der Waals surface area contributed by atoms with E-state index in [4.69, 9.17) is 4.74 Å². The molecule has 1 aliphatic carbocycles. The highest BCUT2D eigenvalue weighted by atomic mass is 16.5. The zero-order valence-corrected chi connectivity index (χ0v) is 14.8. The minimum atomic E-state index is -0.0919. The van der Waals surface area contributed by atoms with Gasteiger partial charge in [0.1, 0.15) is 0 Å². The van der Waals surface area contributed by atoms with Gasteiger partial charge in [-0.3, -0.25) is 9.69 Å². The summed E-state index contributed by atoms with van der Waals surface area (Å²) in [6.07, 6.45) is 7.07. The molecule has 0 amide bonds. The van der Waals surface area contributed by atoms with Crippen molar-refractivity contribution in [2.45, 2.75) is 57.5 Å². The number of esters is 1. The average Bonchev–Trinajstić information content (AvgIpc) is 2.64. The fourth-order valence-corrected chi connectivity index (χ4v) is 3.71. The normalized spacial score (nSPS) is 21.0. The Balaban J connectivity index is 1.83. The molecule has 134 valence electrons. The minimum Gasteiger partial charge on any atom is -0.469 e. The SMILES string of the molecule is COC(=O)CCC1CCC(N(CCCO)Cc2ccccc2)CC1. The lowest BCUT2D eigenvalue weighted by molar-refractivity contribution is -0.141. The zero-order valence-electron chi connectivity index (χ0n) is 14.8. The van der Waals surface area contributed by atoms with Crippen molar-refractivity contribution in [2.75, 3.05) is 20.3 Å². The zero-order chi connectivity index (χ0) is 17.2. The molecule has 0 aromatic heterocycles. The second-order valence-electron chi connectivity index (χ2n) is 6.82. The Kier molecular flexibility index (Phi) is 8.26. The Labute approximate surface area is 145 Å². The number of nitrogens with zero attached hydrogens (tertiary/aromatic N) is 1. The topological polar surface area (TPSA) is 49.8 Å². The van der Waals surface area contributed by atoms with Gasteiger partial charge in [0.05, 0.1) is 7.11 Å². The van der Waals surface area contributed by atoms with E-state index in [-0.39, 0.29) is 12.6 Å². The number of ether oxygens (including phenoxy) is 1. The van der Waals surface area contributed by atoms with Crippen LogP contribution in [0.2, 0.25) is 0 Å². The minimum absolute atomic E-state index is 0.0919. The van der Waals surface area contributed by atoms with Crippen molar-refractivity contribution in [2.24, 2.45) is 5.92 Å². The van der Waals surface area contributed by atoms with Crippen LogP contribution in [0.3, 0.4) is 0 Å². The van der Waals surface area contributed by atoms with Crippen molar-refractivity contribution in [3.8, 4) is 0 Å². The van der Waals surface area contributed by atoms with Crippen molar-refractivity contribution >= 4 is 5.97 Å². The number of carbonyl (C=O) groups is 1. The van der Waals surface area contributed by atoms with Crippen LogP contribution in [-0.4, -0.2) is 42.3 Å². The molecule has 1 aromatic carbocycles. The van der Waals surface area contributed by atoms with Gasteiger partial charge in [-0.05, 0) is 50.0 Å². The molecule has 0 unspecified atom stereocenters. The standard InChI is InChI=1S/C20H31NO3/c1-24-20(23)13-10-17-8-11-19(12-9-17)21(14-5-15-22)16-18-6-3-2-4-7-18/h2-4,6-7,17,19,22H,5,8-16H2,1H3. The fraction of sp³-hybridized carbons (Fsp3) is 0.650. The maximum atomic E-state index is 11.3. The molecular weight excluding hydrogens is 302 g/mol. The Bertz CT molecular complexity index is 469. The number of aliphatic hydroxyl groups excluding tert-OH is 1. The molecule has 4 nitrogen and oxygen atoms in total. The summed E-state index contributed by atoms with van der Waals surface area (Å²) in [6.45, 7) is 2.15. The molecule has 1 N–H and O–H groups in total. The second kappa shape index (κ2) is 10.5. The molecule has 1 aromatic rings. The molecule has 0 spiro atoms. The molecular formula is C20H31NO3. The average molecular weight is 333 g/mol. The largest absolute Gasteiger partial charge is 0.469 e. The van der Waals surface area contributed by atoms with Crippen molar-refractivity contribution in [1.82, 2.24) is 4.90 Å². The van der Waals surface area contributed by atoms with Gasteiger partial charge < -0.3 is 9.84 Å². The third-order valence-electron chi connectivity index (χ3n) is 5.15. The second-order valence-corrected chi connectivity index (χ2v) is 6.82. The predicted molar refractivity (Wildman–Crippen MR) is 95.6 cm³/mol. The summed E-state index contributed by atoms with van der Waals surface area (Å²) in [4.78, 5) is 13.8. The lowest BCUT2D eigenvalue weighted by Crippen LogP contribution is -2.38. The molecule has 0 aliphatic heterocycles. The van der Waals surface area contributed by atoms with Crippen LogP contribution in [0.1, 0.15) is 50.5 Å². The Morgan fingerprint density at radius 1 is 1.21 bits per heavy atom. The van der Waals surface area contributed by atoms with Crippen molar-refractivity contribution in [1.29, 1.82) is 0 Å². The summed E-state index contributed by atoms with van der Waals surface area (Å²) in [5, 5.41) is 9.20. The van der Waals surface area contributed by atoms with Gasteiger partial charge in [-0.15, -0.1) is 0 Å². The van der Waals surface area contributed by atoms with Gasteiger partial charge in [-0.2, -0.15) is 0 Å². The van der Waals surface area contributed by atoms with E-state index in [0.29, 0.717) is 18.4 Å². The first-order chi connectivity index (χ1) is 11.7. The smallest absolute Gasteiger partial charge is 0.305 e. The summed E-state index contributed by atoms with van der Waals surface area (Å²) in [5.41, 5.74) is 1.34. The van der Waals surface area contributed by atoms with E-state index in [2.05, 4.69) is 29.2 Å². The first-order valence-corrected chi connectivity index (χ1v) is 9.18. The van der Waals surface area contributed by atoms with Crippen LogP contribution in [0, 0.1) is 5.92 Å². The predicted octanol–water partition coefficient (Wildman–Crippen LogP) is 3.38. The van der Waals surface area contributed by atoms with Gasteiger partial charge in [0, 0.05) is 32.2 Å². The van der Waals surface area contributed by atoms with Crippen LogP contribution in [0.5, 0.6) is 0 Å². The molecule has 1 saturated carbocycles. The van der Waals surface area contributed by atoms with Crippen LogP contribution in [-0.2, 0) is 16.1 Å². The van der Waals surface area contributed by atoms with Gasteiger partial charge in [-0.1, -0.05) is 30.3 Å². The highest BCUT2D eigenvalue weighted by molar-refractivity contribution is 5.69. The van der Waals surface area contributed by atoms with E-state index in [9.17, 15) is 9.90 Å². The number of carbonyl (C=O) groups excluding carboxylic acids is 1.